The van der Waals surface area contributed by atoms with Crippen LogP contribution in [0.15, 0.2) is 42.5 Å². The van der Waals surface area contributed by atoms with Crippen molar-refractivity contribution in [1.82, 2.24) is 4.98 Å². The minimum Gasteiger partial charge on any atom is -0.453 e. The monoisotopic (exact) mass is 587 g/mol. The number of halogens is 3. The van der Waals surface area contributed by atoms with E-state index in [1.165, 1.54) is 23.5 Å². The lowest BCUT2D eigenvalue weighted by atomic mass is 9.93. The van der Waals surface area contributed by atoms with Crippen LogP contribution in [0.4, 0.5) is 20.9 Å². The average Bonchev–Trinajstić information content (AvgIpc) is 3.63. The fraction of sp³-hybridized carbons (Fsp3) is 0.222. The van der Waals surface area contributed by atoms with Gasteiger partial charge in [-0.3, -0.25) is 9.59 Å². The van der Waals surface area contributed by atoms with Crippen LogP contribution in [0.1, 0.15) is 42.6 Å². The van der Waals surface area contributed by atoms with Gasteiger partial charge in [0.25, 0.3) is 5.91 Å². The number of anilines is 3. The summed E-state index contributed by atoms with van der Waals surface area (Å²) in [5.41, 5.74) is 13.1. The highest BCUT2D eigenvalue weighted by Crippen LogP contribution is 2.41. The first-order valence-corrected chi connectivity index (χ1v) is 13.6. The molecule has 1 aromatic heterocycles. The summed E-state index contributed by atoms with van der Waals surface area (Å²) in [6, 6.07) is 10.5. The van der Waals surface area contributed by atoms with Crippen LogP contribution >= 0.6 is 34.5 Å². The van der Waals surface area contributed by atoms with Crippen LogP contribution in [0, 0.1) is 11.7 Å². The van der Waals surface area contributed by atoms with Crippen molar-refractivity contribution in [1.29, 1.82) is 0 Å². The maximum atomic E-state index is 14.8. The molecule has 5 rings (SSSR count). The predicted molar refractivity (Wildman–Crippen MR) is 153 cm³/mol. The Morgan fingerprint density at radius 1 is 1.13 bits per heavy atom. The summed E-state index contributed by atoms with van der Waals surface area (Å²) < 4.78 is 21.3. The molecule has 0 radical (unpaired) electrons. The van der Waals surface area contributed by atoms with Crippen molar-refractivity contribution in [3.63, 3.8) is 0 Å². The largest absolute Gasteiger partial charge is 0.453 e. The second kappa shape index (κ2) is 10.3. The number of thiazole rings is 1. The van der Waals surface area contributed by atoms with Crippen LogP contribution in [-0.4, -0.2) is 16.8 Å². The first-order valence-electron chi connectivity index (χ1n) is 12.0. The second-order valence-corrected chi connectivity index (χ2v) is 11.6. The summed E-state index contributed by atoms with van der Waals surface area (Å²) in [5.74, 6) is -1.11. The highest BCUT2D eigenvalue weighted by molar-refractivity contribution is 7.23. The van der Waals surface area contributed by atoms with E-state index in [1.54, 1.807) is 38.1 Å². The molecule has 202 valence electrons. The number of fused-ring (bicyclic) bond motifs is 1. The Balaban J connectivity index is 1.40. The molecule has 2 amide bonds. The summed E-state index contributed by atoms with van der Waals surface area (Å²) in [6.45, 7) is 3.53. The molecule has 0 spiro atoms. The fourth-order valence-corrected chi connectivity index (χ4v) is 5.47. The second-order valence-electron chi connectivity index (χ2n) is 9.82. The maximum Gasteiger partial charge on any atom is 0.257 e. The van der Waals surface area contributed by atoms with E-state index < -0.39 is 17.3 Å². The zero-order valence-corrected chi connectivity index (χ0v) is 23.2. The number of nitrogen functional groups attached to an aromatic ring is 1. The molecule has 1 aliphatic carbocycles. The van der Waals surface area contributed by atoms with Gasteiger partial charge in [-0.1, -0.05) is 46.7 Å². The third-order valence-electron chi connectivity index (χ3n) is 6.16. The highest BCUT2D eigenvalue weighted by atomic mass is 35.5. The van der Waals surface area contributed by atoms with Crippen LogP contribution in [0.2, 0.25) is 10.0 Å². The van der Waals surface area contributed by atoms with Gasteiger partial charge in [-0.15, -0.1) is 0 Å². The predicted octanol–water partition coefficient (Wildman–Crippen LogP) is 6.91. The van der Waals surface area contributed by atoms with E-state index in [9.17, 15) is 14.0 Å². The topological polar surface area (TPSA) is 132 Å². The van der Waals surface area contributed by atoms with E-state index in [-0.39, 0.29) is 50.3 Å². The Kier molecular flexibility index (Phi) is 7.15. The number of hydrogen-bond donors (Lipinski definition) is 4. The van der Waals surface area contributed by atoms with Gasteiger partial charge in [-0.2, -0.15) is 0 Å². The average molecular weight is 588 g/mol. The van der Waals surface area contributed by atoms with Crippen LogP contribution in [0.3, 0.4) is 0 Å². The molecule has 0 atom stereocenters. The number of nitrogens with two attached hydrogens (primary N) is 2. The Bertz CT molecular complexity index is 1630. The van der Waals surface area contributed by atoms with Crippen molar-refractivity contribution in [3.05, 3.63) is 69.5 Å². The van der Waals surface area contributed by atoms with E-state index in [0.717, 1.165) is 18.9 Å². The van der Waals surface area contributed by atoms with Crippen molar-refractivity contribution < 1.29 is 18.7 Å². The summed E-state index contributed by atoms with van der Waals surface area (Å²) in [5, 5.41) is 5.92. The van der Waals surface area contributed by atoms with Gasteiger partial charge >= 0.3 is 0 Å². The number of hydrogen-bond acceptors (Lipinski definition) is 7. The van der Waals surface area contributed by atoms with Gasteiger partial charge in [-0.05, 0) is 56.5 Å². The van der Waals surface area contributed by atoms with Gasteiger partial charge in [0, 0.05) is 17.5 Å². The van der Waals surface area contributed by atoms with Gasteiger partial charge in [0.05, 0.1) is 37.2 Å². The molecule has 3 aromatic carbocycles. The first-order chi connectivity index (χ1) is 18.4. The van der Waals surface area contributed by atoms with Gasteiger partial charge < -0.3 is 26.8 Å². The molecular formula is C27H24Cl2FN5O3S. The normalized spacial score (nSPS) is 13.4. The number of carbonyl (C=O) groups excluding carboxylic acids is 2. The van der Waals surface area contributed by atoms with Crippen LogP contribution < -0.4 is 26.8 Å². The molecule has 8 nitrogen and oxygen atoms in total. The Hall–Kier alpha value is -3.44. The minimum atomic E-state index is -0.789. The number of rotatable bonds is 7. The van der Waals surface area contributed by atoms with Crippen LogP contribution in [0.5, 0.6) is 11.5 Å². The number of amides is 2. The van der Waals surface area contributed by atoms with Crippen LogP contribution in [-0.2, 0) is 10.3 Å². The maximum absolute atomic E-state index is 14.8. The number of aromatic nitrogens is 1. The van der Waals surface area contributed by atoms with Crippen molar-refractivity contribution in [2.24, 2.45) is 11.7 Å². The Labute approximate surface area is 237 Å². The molecule has 4 aromatic rings. The van der Waals surface area contributed by atoms with Gasteiger partial charge in [0.15, 0.2) is 10.9 Å². The third-order valence-corrected chi connectivity index (χ3v) is 7.88. The Morgan fingerprint density at radius 3 is 2.56 bits per heavy atom. The van der Waals surface area contributed by atoms with Crippen molar-refractivity contribution in [2.45, 2.75) is 32.2 Å². The van der Waals surface area contributed by atoms with Crippen molar-refractivity contribution >= 4 is 73.1 Å². The lowest BCUT2D eigenvalue weighted by molar-refractivity contribution is -0.117. The molecule has 0 saturated heterocycles. The molecule has 1 saturated carbocycles. The van der Waals surface area contributed by atoms with Gasteiger partial charge in [0.1, 0.15) is 11.6 Å². The fourth-order valence-electron chi connectivity index (χ4n) is 3.91. The molecule has 1 heterocycles. The quantitative estimate of drug-likeness (QED) is 0.174. The minimum absolute atomic E-state index is 0.0309. The van der Waals surface area contributed by atoms with E-state index in [1.807, 2.05) is 0 Å². The van der Waals surface area contributed by atoms with E-state index >= 15 is 0 Å². The number of benzene rings is 3. The smallest absolute Gasteiger partial charge is 0.257 e. The first kappa shape index (κ1) is 27.1. The van der Waals surface area contributed by atoms with E-state index in [0.29, 0.717) is 20.9 Å². The SMILES string of the molecule is CC(C)(N)c1cccc(C(=O)Nc2cc(Oc3ccc4nc(NC(=O)C5CC5)sc4c3N)c(Cl)cc2F)c1Cl. The molecule has 1 fully saturated rings. The summed E-state index contributed by atoms with van der Waals surface area (Å²) in [6.07, 6.45) is 1.76. The standard InChI is InChI=1S/C27H24Cl2FN5O3S/c1-27(2,32)14-5-3-4-13(21(14)29)25(37)33-18-11-20(15(28)10-16(18)30)38-19-9-8-17-23(22(19)31)39-26(34-17)35-24(36)12-6-7-12/h3-5,8-12H,6-7,31-32H2,1-2H3,(H,33,37)(H,34,35,36). The summed E-state index contributed by atoms with van der Waals surface area (Å²) >= 11 is 13.9. The molecule has 0 aliphatic heterocycles. The highest BCUT2D eigenvalue weighted by Gasteiger charge is 2.30. The zero-order chi connectivity index (χ0) is 28.1. The number of nitrogens with one attached hydrogen (secondary N) is 2. The number of nitrogens with zero attached hydrogens (tertiary/aromatic N) is 1. The molecule has 12 heteroatoms. The molecule has 0 bridgehead atoms. The van der Waals surface area contributed by atoms with Crippen molar-refractivity contribution in [2.75, 3.05) is 16.4 Å². The molecule has 1 aliphatic rings. The summed E-state index contributed by atoms with van der Waals surface area (Å²) in [4.78, 5) is 29.5. The van der Waals surface area contributed by atoms with Gasteiger partial charge in [-0.25, -0.2) is 9.37 Å². The lowest BCUT2D eigenvalue weighted by Crippen LogP contribution is -2.29. The molecular weight excluding hydrogens is 564 g/mol. The van der Waals surface area contributed by atoms with Gasteiger partial charge in [0.2, 0.25) is 5.91 Å². The van der Waals surface area contributed by atoms with Crippen molar-refractivity contribution in [3.8, 4) is 11.5 Å². The van der Waals surface area contributed by atoms with E-state index in [2.05, 4.69) is 15.6 Å². The lowest BCUT2D eigenvalue weighted by Gasteiger charge is -2.22. The Morgan fingerprint density at radius 2 is 1.87 bits per heavy atom. The summed E-state index contributed by atoms with van der Waals surface area (Å²) in [7, 11) is 0. The third kappa shape index (κ3) is 5.65. The molecule has 39 heavy (non-hydrogen) atoms. The number of ether oxygens (including phenoxy) is 1. The van der Waals surface area contributed by atoms with E-state index in [4.69, 9.17) is 39.4 Å². The zero-order valence-electron chi connectivity index (χ0n) is 20.9. The number of carbonyl (C=O) groups is 2. The molecule has 6 N–H and O–H groups in total. The van der Waals surface area contributed by atoms with Crippen LogP contribution in [0.25, 0.3) is 10.2 Å². The molecule has 0 unspecified atom stereocenters.